The lowest BCUT2D eigenvalue weighted by molar-refractivity contribution is -0.296. The number of nitrogens with one attached hydrogen (secondary N) is 1. The Bertz CT molecular complexity index is 497. The van der Waals surface area contributed by atoms with Crippen molar-refractivity contribution in [2.24, 2.45) is 0 Å². The summed E-state index contributed by atoms with van der Waals surface area (Å²) in [6, 6.07) is -1.30. The molecule has 1 heterocycles. The van der Waals surface area contributed by atoms with Crippen LogP contribution in [0.5, 0.6) is 0 Å². The highest BCUT2D eigenvalue weighted by Gasteiger charge is 2.55. The zero-order valence-corrected chi connectivity index (χ0v) is 13.1. The molecule has 0 aliphatic carbocycles. The fourth-order valence-electron chi connectivity index (χ4n) is 2.46. The minimum atomic E-state index is -2.83. The number of hydrogen-bond donors (Lipinski definition) is 6. The number of carbonyl (C=O) groups is 3. The lowest BCUT2D eigenvalue weighted by Gasteiger charge is -2.45. The highest BCUT2D eigenvalue weighted by molar-refractivity contribution is 5.76. The number of hydrogen-bond acceptors (Lipinski definition) is 9. The summed E-state index contributed by atoms with van der Waals surface area (Å²) < 4.78 is 9.87. The Morgan fingerprint density at radius 2 is 1.96 bits per heavy atom. The number of carbonyl (C=O) groups excluding carboxylic acids is 2. The average Bonchev–Trinajstić information content (AvgIpc) is 2.46. The average molecular weight is 351 g/mol. The first kappa shape index (κ1) is 20.3. The van der Waals surface area contributed by atoms with Gasteiger partial charge in [0.25, 0.3) is 5.79 Å². The fraction of sp³-hybridized carbons (Fsp3) is 0.769. The Morgan fingerprint density at radius 1 is 1.38 bits per heavy atom. The maximum absolute atomic E-state index is 11.3. The van der Waals surface area contributed by atoms with E-state index in [2.05, 4.69) is 5.32 Å². The van der Waals surface area contributed by atoms with E-state index in [1.807, 2.05) is 0 Å². The van der Waals surface area contributed by atoms with Gasteiger partial charge in [-0.15, -0.1) is 0 Å². The van der Waals surface area contributed by atoms with E-state index in [1.165, 1.54) is 0 Å². The van der Waals surface area contributed by atoms with Crippen LogP contribution in [0.4, 0.5) is 0 Å². The van der Waals surface area contributed by atoms with E-state index in [1.54, 1.807) is 0 Å². The Labute approximate surface area is 136 Å². The van der Waals surface area contributed by atoms with Gasteiger partial charge in [-0.3, -0.25) is 9.59 Å². The maximum atomic E-state index is 11.3. The molecule has 11 heteroatoms. The number of carboxylic acid groups (broad SMARTS) is 1. The van der Waals surface area contributed by atoms with Gasteiger partial charge < -0.3 is 40.3 Å². The van der Waals surface area contributed by atoms with Gasteiger partial charge in [-0.05, 0) is 0 Å². The largest absolute Gasteiger partial charge is 0.477 e. The second-order valence-corrected chi connectivity index (χ2v) is 5.49. The Morgan fingerprint density at radius 3 is 2.38 bits per heavy atom. The third-order valence-corrected chi connectivity index (χ3v) is 3.48. The van der Waals surface area contributed by atoms with Crippen molar-refractivity contribution in [2.45, 2.75) is 56.5 Å². The van der Waals surface area contributed by atoms with E-state index in [-0.39, 0.29) is 0 Å². The third kappa shape index (κ3) is 4.61. The summed E-state index contributed by atoms with van der Waals surface area (Å²) in [7, 11) is 0. The van der Waals surface area contributed by atoms with Crippen molar-refractivity contribution < 1.29 is 49.4 Å². The van der Waals surface area contributed by atoms with E-state index < -0.39 is 67.1 Å². The van der Waals surface area contributed by atoms with Gasteiger partial charge in [-0.25, -0.2) is 4.79 Å². The molecule has 24 heavy (non-hydrogen) atoms. The number of carboxylic acids is 1. The van der Waals surface area contributed by atoms with E-state index in [4.69, 9.17) is 19.7 Å². The number of amides is 1. The fourth-order valence-corrected chi connectivity index (χ4v) is 2.46. The van der Waals surface area contributed by atoms with Gasteiger partial charge in [-0.1, -0.05) is 0 Å². The molecule has 1 fully saturated rings. The van der Waals surface area contributed by atoms with Crippen LogP contribution in [0.1, 0.15) is 20.3 Å². The predicted molar refractivity (Wildman–Crippen MR) is 74.3 cm³/mol. The first-order valence-corrected chi connectivity index (χ1v) is 7.06. The van der Waals surface area contributed by atoms with Gasteiger partial charge in [0, 0.05) is 20.3 Å². The molecule has 1 aliphatic heterocycles. The first-order chi connectivity index (χ1) is 11.0. The maximum Gasteiger partial charge on any atom is 0.364 e. The van der Waals surface area contributed by atoms with E-state index in [9.17, 15) is 29.7 Å². The molecule has 11 nitrogen and oxygen atoms in total. The van der Waals surface area contributed by atoms with Crippen molar-refractivity contribution in [1.82, 2.24) is 5.32 Å². The van der Waals surface area contributed by atoms with E-state index >= 15 is 0 Å². The van der Waals surface area contributed by atoms with Gasteiger partial charge in [0.1, 0.15) is 12.2 Å². The molecule has 0 radical (unpaired) electrons. The molecule has 6 N–H and O–H groups in total. The number of aliphatic carboxylic acids is 1. The summed E-state index contributed by atoms with van der Waals surface area (Å²) in [5, 5.41) is 50.4. The van der Waals surface area contributed by atoms with Crippen LogP contribution in [0.15, 0.2) is 0 Å². The second-order valence-electron chi connectivity index (χ2n) is 5.49. The third-order valence-electron chi connectivity index (χ3n) is 3.48. The van der Waals surface area contributed by atoms with Crippen LogP contribution in [-0.4, -0.2) is 86.2 Å². The van der Waals surface area contributed by atoms with Crippen molar-refractivity contribution in [3.05, 3.63) is 0 Å². The van der Waals surface area contributed by atoms with Crippen molar-refractivity contribution in [3.63, 3.8) is 0 Å². The predicted octanol–water partition coefficient (Wildman–Crippen LogP) is -3.30. The number of rotatable bonds is 6. The Balaban J connectivity index is 3.25. The van der Waals surface area contributed by atoms with Crippen LogP contribution in [0.3, 0.4) is 0 Å². The van der Waals surface area contributed by atoms with Gasteiger partial charge in [0.15, 0.2) is 6.10 Å². The summed E-state index contributed by atoms with van der Waals surface area (Å²) in [5.74, 6) is -6.15. The molecular formula is C13H21NO10. The number of esters is 1. The zero-order chi connectivity index (χ0) is 18.7. The molecule has 1 saturated heterocycles. The highest BCUT2D eigenvalue weighted by Crippen LogP contribution is 2.31. The van der Waals surface area contributed by atoms with Crippen LogP contribution < -0.4 is 5.32 Å². The van der Waals surface area contributed by atoms with Crippen LogP contribution >= 0.6 is 0 Å². The smallest absolute Gasteiger partial charge is 0.364 e. The van der Waals surface area contributed by atoms with Crippen molar-refractivity contribution in [3.8, 4) is 0 Å². The van der Waals surface area contributed by atoms with Gasteiger partial charge >= 0.3 is 11.9 Å². The number of aliphatic hydroxyl groups is 4. The second kappa shape index (κ2) is 7.85. The number of ether oxygens (including phenoxy) is 2. The summed E-state index contributed by atoms with van der Waals surface area (Å²) in [6.07, 6.45) is -7.35. The monoisotopic (exact) mass is 351 g/mol. The summed E-state index contributed by atoms with van der Waals surface area (Å²) >= 11 is 0. The molecule has 1 rings (SSSR count). The topological polar surface area (TPSA) is 183 Å². The normalized spacial score (nSPS) is 32.5. The summed E-state index contributed by atoms with van der Waals surface area (Å²) in [5.41, 5.74) is 0. The molecule has 1 aliphatic rings. The molecule has 0 bridgehead atoms. The molecule has 1 amide bonds. The van der Waals surface area contributed by atoms with Crippen molar-refractivity contribution >= 4 is 17.8 Å². The van der Waals surface area contributed by atoms with E-state index in [0.29, 0.717) is 0 Å². The Kier molecular flexibility index (Phi) is 6.63. The lowest BCUT2D eigenvalue weighted by Crippen LogP contribution is -2.67. The van der Waals surface area contributed by atoms with Crippen molar-refractivity contribution in [2.75, 3.05) is 6.61 Å². The van der Waals surface area contributed by atoms with Crippen LogP contribution in [0, 0.1) is 0 Å². The Hall–Kier alpha value is -1.79. The SMILES string of the molecule is CC(=O)N[C@H]1[C@H]([C@@H](OC(C)=O)[C@H](O)CO)O[C@](O)(C(=O)O)C[C@@H]1O. The molecule has 0 unspecified atom stereocenters. The highest BCUT2D eigenvalue weighted by atomic mass is 16.7. The summed E-state index contributed by atoms with van der Waals surface area (Å²) in [6.45, 7) is 1.23. The standard InChI is InChI=1S/C13H21NO10/c1-5(16)14-9-7(18)3-13(22,12(20)21)24-11(9)10(8(19)4-15)23-6(2)17/h7-11,15,18-19,22H,3-4H2,1-2H3,(H,14,16)(H,20,21)/t7-,8+,9+,10-,11+,13-/m0/s1. The lowest BCUT2D eigenvalue weighted by atomic mass is 9.88. The molecule has 0 spiro atoms. The van der Waals surface area contributed by atoms with Gasteiger partial charge in [0.2, 0.25) is 5.91 Å². The molecule has 0 aromatic carbocycles. The quantitative estimate of drug-likeness (QED) is 0.265. The van der Waals surface area contributed by atoms with Crippen LogP contribution in [-0.2, 0) is 23.9 Å². The first-order valence-electron chi connectivity index (χ1n) is 7.06. The molecular weight excluding hydrogens is 330 g/mol. The molecule has 0 aromatic rings. The number of aliphatic hydroxyl groups excluding tert-OH is 3. The molecule has 6 atom stereocenters. The minimum absolute atomic E-state index is 0.617. The molecule has 138 valence electrons. The minimum Gasteiger partial charge on any atom is -0.477 e. The van der Waals surface area contributed by atoms with Crippen molar-refractivity contribution in [1.29, 1.82) is 0 Å². The molecule has 0 saturated carbocycles. The van der Waals surface area contributed by atoms with Gasteiger partial charge in [0.05, 0.1) is 18.8 Å². The van der Waals surface area contributed by atoms with Gasteiger partial charge in [-0.2, -0.15) is 0 Å². The zero-order valence-electron chi connectivity index (χ0n) is 13.1. The van der Waals surface area contributed by atoms with Crippen LogP contribution in [0.2, 0.25) is 0 Å². The van der Waals surface area contributed by atoms with Crippen LogP contribution in [0.25, 0.3) is 0 Å². The molecule has 0 aromatic heterocycles. The van der Waals surface area contributed by atoms with E-state index in [0.717, 1.165) is 13.8 Å². The summed E-state index contributed by atoms with van der Waals surface area (Å²) in [4.78, 5) is 33.7.